The Morgan fingerprint density at radius 1 is 1.25 bits per heavy atom. The van der Waals surface area contributed by atoms with Crippen molar-refractivity contribution in [2.75, 3.05) is 5.32 Å². The molecule has 0 saturated heterocycles. The van der Waals surface area contributed by atoms with Crippen molar-refractivity contribution in [1.29, 1.82) is 0 Å². The molecular formula is C15H18BrNO3. The van der Waals surface area contributed by atoms with Crippen molar-refractivity contribution in [3.8, 4) is 0 Å². The molecule has 1 aliphatic carbocycles. The first kappa shape index (κ1) is 15.0. The Kier molecular flexibility index (Phi) is 5.17. The predicted octanol–water partition coefficient (Wildman–Crippen LogP) is 4.06. The summed E-state index contributed by atoms with van der Waals surface area (Å²) in [6, 6.07) is 4.61. The van der Waals surface area contributed by atoms with Gasteiger partial charge < -0.3 is 10.4 Å². The fraction of sp³-hybridized carbons (Fsp3) is 0.467. The molecule has 5 heteroatoms. The van der Waals surface area contributed by atoms with Gasteiger partial charge in [-0.1, -0.05) is 19.3 Å². The van der Waals surface area contributed by atoms with Crippen LogP contribution >= 0.6 is 15.9 Å². The summed E-state index contributed by atoms with van der Waals surface area (Å²) in [5.74, 6) is -0.493. The lowest BCUT2D eigenvalue weighted by atomic mass is 9.87. The van der Waals surface area contributed by atoms with E-state index in [1.165, 1.54) is 31.4 Å². The lowest BCUT2D eigenvalue weighted by Gasteiger charge is -2.21. The fourth-order valence-corrected chi connectivity index (χ4v) is 3.08. The second kappa shape index (κ2) is 6.88. The summed E-state index contributed by atoms with van der Waals surface area (Å²) in [6.45, 7) is 0. The molecule has 0 atom stereocenters. The van der Waals surface area contributed by atoms with Gasteiger partial charge in [0.1, 0.15) is 0 Å². The largest absolute Gasteiger partial charge is 0.478 e. The van der Waals surface area contributed by atoms with Crippen LogP contribution in [0.4, 0.5) is 5.69 Å². The molecule has 0 bridgehead atoms. The Labute approximate surface area is 126 Å². The van der Waals surface area contributed by atoms with E-state index >= 15 is 0 Å². The van der Waals surface area contributed by atoms with Gasteiger partial charge in [-0.2, -0.15) is 0 Å². The van der Waals surface area contributed by atoms with Crippen molar-refractivity contribution < 1.29 is 14.7 Å². The number of hydrogen-bond acceptors (Lipinski definition) is 2. The van der Waals surface area contributed by atoms with E-state index in [0.717, 1.165) is 12.8 Å². The maximum atomic E-state index is 12.0. The average Bonchev–Trinajstić information content (AvgIpc) is 2.42. The molecule has 2 N–H and O–H groups in total. The molecule has 0 spiro atoms. The fourth-order valence-electron chi connectivity index (χ4n) is 2.60. The normalized spacial score (nSPS) is 15.8. The molecule has 4 nitrogen and oxygen atoms in total. The highest BCUT2D eigenvalue weighted by atomic mass is 79.9. The molecule has 1 fully saturated rings. The van der Waals surface area contributed by atoms with E-state index in [-0.39, 0.29) is 11.5 Å². The Balaban J connectivity index is 1.95. The third kappa shape index (κ3) is 4.07. The Morgan fingerprint density at radius 2 is 1.95 bits per heavy atom. The Morgan fingerprint density at radius 3 is 2.55 bits per heavy atom. The number of carbonyl (C=O) groups excluding carboxylic acids is 1. The van der Waals surface area contributed by atoms with Crippen LogP contribution in [0.2, 0.25) is 0 Å². The monoisotopic (exact) mass is 339 g/mol. The van der Waals surface area contributed by atoms with Crippen LogP contribution < -0.4 is 5.32 Å². The number of benzene rings is 1. The molecule has 108 valence electrons. The highest BCUT2D eigenvalue weighted by molar-refractivity contribution is 9.10. The van der Waals surface area contributed by atoms with Gasteiger partial charge in [0.05, 0.1) is 11.3 Å². The number of carboxylic acids is 1. The maximum absolute atomic E-state index is 12.0. The van der Waals surface area contributed by atoms with Gasteiger partial charge in [0, 0.05) is 10.9 Å². The first-order chi connectivity index (χ1) is 9.56. The van der Waals surface area contributed by atoms with Crippen LogP contribution in [0.5, 0.6) is 0 Å². The number of anilines is 1. The van der Waals surface area contributed by atoms with E-state index in [0.29, 0.717) is 22.5 Å². The molecule has 1 aromatic carbocycles. The molecule has 1 aromatic rings. The summed E-state index contributed by atoms with van der Waals surface area (Å²) < 4.78 is 0.592. The predicted molar refractivity (Wildman–Crippen MR) is 80.9 cm³/mol. The molecule has 0 unspecified atom stereocenters. The van der Waals surface area contributed by atoms with Crippen molar-refractivity contribution in [2.45, 2.75) is 38.5 Å². The number of carboxylic acid groups (broad SMARTS) is 1. The summed E-state index contributed by atoms with van der Waals surface area (Å²) in [5, 5.41) is 11.7. The van der Waals surface area contributed by atoms with Crippen LogP contribution in [0, 0.1) is 5.92 Å². The topological polar surface area (TPSA) is 66.4 Å². The van der Waals surface area contributed by atoms with E-state index in [1.54, 1.807) is 6.07 Å². The summed E-state index contributed by atoms with van der Waals surface area (Å²) in [7, 11) is 0. The number of carbonyl (C=O) groups is 2. The minimum absolute atomic E-state index is 0.000625. The van der Waals surface area contributed by atoms with Gasteiger partial charge in [-0.3, -0.25) is 4.79 Å². The van der Waals surface area contributed by atoms with Crippen molar-refractivity contribution >= 4 is 33.5 Å². The van der Waals surface area contributed by atoms with E-state index in [9.17, 15) is 9.59 Å². The van der Waals surface area contributed by atoms with Crippen LogP contribution in [0.15, 0.2) is 22.7 Å². The van der Waals surface area contributed by atoms with Crippen molar-refractivity contribution in [2.24, 2.45) is 5.92 Å². The van der Waals surface area contributed by atoms with Crippen LogP contribution in [0.25, 0.3) is 0 Å². The zero-order chi connectivity index (χ0) is 14.5. The number of nitrogens with one attached hydrogen (secondary N) is 1. The van der Waals surface area contributed by atoms with Crippen LogP contribution in [-0.4, -0.2) is 17.0 Å². The summed E-state index contributed by atoms with van der Waals surface area (Å²) >= 11 is 3.29. The highest BCUT2D eigenvalue weighted by Gasteiger charge is 2.17. The van der Waals surface area contributed by atoms with Crippen LogP contribution in [0.3, 0.4) is 0 Å². The number of amides is 1. The molecule has 0 aliphatic heterocycles. The number of rotatable bonds is 4. The zero-order valence-electron chi connectivity index (χ0n) is 11.2. The van der Waals surface area contributed by atoms with Gasteiger partial charge in [0.25, 0.3) is 0 Å². The molecule has 0 radical (unpaired) electrons. The standard InChI is InChI=1S/C15H18BrNO3/c16-12-9-11(15(19)20)6-7-13(12)17-14(18)8-10-4-2-1-3-5-10/h6-7,9-10H,1-5,8H2,(H,17,18)(H,19,20). The average molecular weight is 340 g/mol. The third-order valence-electron chi connectivity index (χ3n) is 3.69. The second-order valence-electron chi connectivity index (χ2n) is 5.26. The summed E-state index contributed by atoms with van der Waals surface area (Å²) in [6.07, 6.45) is 6.52. The number of halogens is 1. The van der Waals surface area contributed by atoms with E-state index < -0.39 is 5.97 Å². The third-order valence-corrected chi connectivity index (χ3v) is 4.35. The second-order valence-corrected chi connectivity index (χ2v) is 6.11. The minimum atomic E-state index is -0.981. The van der Waals surface area contributed by atoms with Gasteiger partial charge >= 0.3 is 5.97 Å². The van der Waals surface area contributed by atoms with Gasteiger partial charge in [-0.05, 0) is 52.9 Å². The van der Waals surface area contributed by atoms with Gasteiger partial charge in [-0.25, -0.2) is 4.79 Å². The molecule has 0 heterocycles. The molecule has 0 aromatic heterocycles. The first-order valence-corrected chi connectivity index (χ1v) is 7.68. The van der Waals surface area contributed by atoms with E-state index in [2.05, 4.69) is 21.2 Å². The highest BCUT2D eigenvalue weighted by Crippen LogP contribution is 2.28. The van der Waals surface area contributed by atoms with Gasteiger partial charge in [0.15, 0.2) is 0 Å². The van der Waals surface area contributed by atoms with Gasteiger partial charge in [0.2, 0.25) is 5.91 Å². The molecule has 20 heavy (non-hydrogen) atoms. The maximum Gasteiger partial charge on any atom is 0.335 e. The van der Waals surface area contributed by atoms with E-state index in [4.69, 9.17) is 5.11 Å². The van der Waals surface area contributed by atoms with Crippen molar-refractivity contribution in [3.63, 3.8) is 0 Å². The quantitative estimate of drug-likeness (QED) is 0.869. The number of hydrogen-bond donors (Lipinski definition) is 2. The molecule has 1 amide bonds. The summed E-state index contributed by atoms with van der Waals surface area (Å²) in [4.78, 5) is 22.8. The Hall–Kier alpha value is -1.36. The molecule has 2 rings (SSSR count). The van der Waals surface area contributed by atoms with Gasteiger partial charge in [-0.15, -0.1) is 0 Å². The summed E-state index contributed by atoms with van der Waals surface area (Å²) in [5.41, 5.74) is 0.818. The molecule has 1 aliphatic rings. The Bertz CT molecular complexity index is 510. The lowest BCUT2D eigenvalue weighted by Crippen LogP contribution is -2.18. The zero-order valence-corrected chi connectivity index (χ0v) is 12.8. The molecular weight excluding hydrogens is 322 g/mol. The first-order valence-electron chi connectivity index (χ1n) is 6.89. The van der Waals surface area contributed by atoms with Crippen LogP contribution in [0.1, 0.15) is 48.9 Å². The van der Waals surface area contributed by atoms with Crippen LogP contribution in [-0.2, 0) is 4.79 Å². The van der Waals surface area contributed by atoms with Crippen molar-refractivity contribution in [3.05, 3.63) is 28.2 Å². The number of aromatic carboxylic acids is 1. The van der Waals surface area contributed by atoms with Crippen molar-refractivity contribution in [1.82, 2.24) is 0 Å². The minimum Gasteiger partial charge on any atom is -0.478 e. The SMILES string of the molecule is O=C(CC1CCCCC1)Nc1ccc(C(=O)O)cc1Br. The lowest BCUT2D eigenvalue weighted by molar-refractivity contribution is -0.117. The molecule has 1 saturated carbocycles. The van der Waals surface area contributed by atoms with E-state index in [1.807, 2.05) is 0 Å². The smallest absolute Gasteiger partial charge is 0.335 e.